The highest BCUT2D eigenvalue weighted by Gasteiger charge is 2.48. The van der Waals surface area contributed by atoms with Crippen molar-refractivity contribution in [2.24, 2.45) is 17.3 Å². The van der Waals surface area contributed by atoms with Crippen LogP contribution in [0.4, 0.5) is 4.79 Å². The van der Waals surface area contributed by atoms with Crippen LogP contribution in [0.3, 0.4) is 0 Å². The summed E-state index contributed by atoms with van der Waals surface area (Å²) in [5.41, 5.74) is 9.45. The number of likely N-dealkylation sites (tertiary alicyclic amines) is 1. The van der Waals surface area contributed by atoms with E-state index in [1.807, 2.05) is 32.0 Å². The second-order valence-electron chi connectivity index (χ2n) is 18.9. The van der Waals surface area contributed by atoms with Gasteiger partial charge in [0.25, 0.3) is 5.91 Å². The molecule has 8 rings (SSSR count). The first-order chi connectivity index (χ1) is 31.1. The van der Waals surface area contributed by atoms with Gasteiger partial charge in [0.2, 0.25) is 11.8 Å². The number of hydrazine groups is 1. The van der Waals surface area contributed by atoms with Crippen molar-refractivity contribution < 1.29 is 43.3 Å². The average molecular weight is 892 g/mol. The Morgan fingerprint density at radius 3 is 2.57 bits per heavy atom. The zero-order valence-corrected chi connectivity index (χ0v) is 38.6. The second kappa shape index (κ2) is 18.1. The number of phenols is 1. The predicted molar refractivity (Wildman–Crippen MR) is 242 cm³/mol. The second-order valence-corrected chi connectivity index (χ2v) is 18.9. The molecule has 0 saturated carbocycles. The van der Waals surface area contributed by atoms with Gasteiger partial charge in [-0.2, -0.15) is 0 Å². The smallest absolute Gasteiger partial charge is 0.409 e. The van der Waals surface area contributed by atoms with Crippen LogP contribution in [0.5, 0.6) is 5.75 Å². The summed E-state index contributed by atoms with van der Waals surface area (Å²) in [4.78, 5) is 77.2. The van der Waals surface area contributed by atoms with E-state index >= 15 is 0 Å². The number of nitrogens with zero attached hydrogens (tertiary/aromatic N) is 5. The van der Waals surface area contributed by atoms with E-state index in [0.717, 1.165) is 39.0 Å². The maximum absolute atomic E-state index is 14.8. The number of aromatic nitrogens is 2. The summed E-state index contributed by atoms with van der Waals surface area (Å²) in [5.74, 6) is -3.02. The van der Waals surface area contributed by atoms with Crippen molar-refractivity contribution in [1.82, 2.24) is 35.1 Å². The Hall–Kier alpha value is -6.00. The number of methoxy groups -OCH3 is 2. The molecule has 3 aliphatic heterocycles. The number of cyclic esters (lactones) is 1. The van der Waals surface area contributed by atoms with Crippen LogP contribution in [0, 0.1) is 17.3 Å². The van der Waals surface area contributed by atoms with Crippen molar-refractivity contribution in [3.05, 3.63) is 71.5 Å². The van der Waals surface area contributed by atoms with Gasteiger partial charge in [0, 0.05) is 80.8 Å². The number of nitrogens with one attached hydrogen (secondary N) is 2. The van der Waals surface area contributed by atoms with Gasteiger partial charge < -0.3 is 39.0 Å². The molecule has 5 heterocycles. The fraction of sp³-hybridized carbons (Fsp3) is 0.510. The van der Waals surface area contributed by atoms with Crippen LogP contribution in [0.25, 0.3) is 33.3 Å². The molecule has 4 aromatic rings. The van der Waals surface area contributed by atoms with E-state index in [1.165, 1.54) is 21.9 Å². The Labute approximate surface area is 379 Å². The first kappa shape index (κ1) is 45.6. The number of hydrogen-bond acceptors (Lipinski definition) is 11. The number of carbonyl (C=O) groups excluding carboxylic acids is 5. The molecule has 6 atom stereocenters. The maximum Gasteiger partial charge on any atom is 0.409 e. The van der Waals surface area contributed by atoms with E-state index < -0.39 is 59.4 Å². The van der Waals surface area contributed by atoms with Gasteiger partial charge in [-0.3, -0.25) is 29.2 Å². The molecule has 3 N–H and O–H groups in total. The van der Waals surface area contributed by atoms with Gasteiger partial charge >= 0.3 is 12.1 Å². The van der Waals surface area contributed by atoms with E-state index in [4.69, 9.17) is 19.2 Å². The van der Waals surface area contributed by atoms with Crippen molar-refractivity contribution >= 4 is 40.7 Å². The SMILES string of the molecule is CCn1c2c3c4cc(ccc41)-c1cc(O)cc(c1)C[C@H](NC(=O)[C@H](C(C)C)N(C)C(=O)[C@H]1CCN(C(=O)OC)C1)C(=O)N1CCC[C@H](N1)C(=O)OCC(C)(C)C3[C@H](OC)c1ncccc1-2. The van der Waals surface area contributed by atoms with E-state index in [-0.39, 0.29) is 49.6 Å². The number of aryl methyl sites for hydroxylation is 1. The summed E-state index contributed by atoms with van der Waals surface area (Å²) in [6, 6.07) is 12.5. The lowest BCUT2D eigenvalue weighted by Crippen LogP contribution is -2.62. The summed E-state index contributed by atoms with van der Waals surface area (Å²) >= 11 is 0. The highest BCUT2D eigenvalue weighted by Crippen LogP contribution is 2.57. The van der Waals surface area contributed by atoms with Gasteiger partial charge in [-0.1, -0.05) is 39.8 Å². The number of phenolic OH excluding ortho intramolecular Hbond substituents is 1. The van der Waals surface area contributed by atoms with E-state index in [0.29, 0.717) is 43.5 Å². The number of aromatic hydroxyl groups is 1. The molecule has 346 valence electrons. The minimum absolute atomic E-state index is 0.0157. The molecule has 0 spiro atoms. The van der Waals surface area contributed by atoms with Crippen LogP contribution in [0.1, 0.15) is 82.7 Å². The van der Waals surface area contributed by atoms with Crippen LogP contribution < -0.4 is 10.7 Å². The largest absolute Gasteiger partial charge is 0.508 e. The van der Waals surface area contributed by atoms with Gasteiger partial charge in [-0.25, -0.2) is 10.2 Å². The predicted octanol–water partition coefficient (Wildman–Crippen LogP) is 5.56. The third-order valence-electron chi connectivity index (χ3n) is 13.8. The maximum atomic E-state index is 14.8. The zero-order valence-electron chi connectivity index (χ0n) is 38.6. The standard InChI is InChI=1S/C49H61N7O9/c1-9-55-37-15-14-29-24-34(37)38-39(43(63-7)40-33(42(38)55)12-10-17-50-40)49(4,5)26-65-47(61)35-13-11-18-56(52-35)46(60)36(22-28-20-31(29)23-32(57)21-28)51-44(58)41(27(2)3)53(6)45(59)30-16-19-54(25-30)48(62)64-8/h10,12,14-15,17,20-21,23-24,27,30,35-36,39,41,43,52,57H,9,11,13,16,18-19,22,25-26H2,1-8H3,(H,51,58)/t30-,35-,36-,39?,41-,43-/m0/s1. The zero-order chi connectivity index (χ0) is 46.5. The molecular weight excluding hydrogens is 831 g/mol. The molecule has 16 heteroatoms. The first-order valence-electron chi connectivity index (χ1n) is 22.7. The number of hydrogen-bond donors (Lipinski definition) is 3. The minimum atomic E-state index is -1.17. The monoisotopic (exact) mass is 891 g/mol. The number of pyridine rings is 1. The molecule has 4 amide bonds. The summed E-state index contributed by atoms with van der Waals surface area (Å²) in [7, 11) is 4.55. The Morgan fingerprint density at radius 2 is 1.85 bits per heavy atom. The molecule has 16 nitrogen and oxygen atoms in total. The summed E-state index contributed by atoms with van der Waals surface area (Å²) in [6.07, 6.45) is 2.12. The molecular formula is C49H61N7O9. The molecule has 1 aliphatic carbocycles. The van der Waals surface area contributed by atoms with Crippen LogP contribution in [0.2, 0.25) is 0 Å². The molecule has 6 bridgehead atoms. The van der Waals surface area contributed by atoms with Gasteiger partial charge in [-0.05, 0) is 90.8 Å². The third kappa shape index (κ3) is 8.42. The summed E-state index contributed by atoms with van der Waals surface area (Å²) in [6.45, 7) is 11.4. The van der Waals surface area contributed by atoms with Crippen LogP contribution in [-0.4, -0.2) is 125 Å². The van der Waals surface area contributed by atoms with Gasteiger partial charge in [0.05, 0.1) is 31.0 Å². The summed E-state index contributed by atoms with van der Waals surface area (Å²) in [5, 5.41) is 16.7. The summed E-state index contributed by atoms with van der Waals surface area (Å²) < 4.78 is 19.7. The number of likely N-dealkylation sites (N-methyl/N-ethyl adjacent to an activating group) is 1. The number of rotatable bonds is 7. The van der Waals surface area contributed by atoms with Crippen molar-refractivity contribution in [3.8, 4) is 28.1 Å². The van der Waals surface area contributed by atoms with Gasteiger partial charge in [0.1, 0.15) is 30.0 Å². The number of esters is 1. The van der Waals surface area contributed by atoms with Crippen molar-refractivity contribution in [2.75, 3.05) is 47.5 Å². The average Bonchev–Trinajstić information content (AvgIpc) is 3.92. The third-order valence-corrected chi connectivity index (χ3v) is 13.8. The number of ether oxygens (including phenoxy) is 3. The molecule has 1 unspecified atom stereocenters. The van der Waals surface area contributed by atoms with Crippen LogP contribution >= 0.6 is 0 Å². The Morgan fingerprint density at radius 1 is 1.06 bits per heavy atom. The topological polar surface area (TPSA) is 185 Å². The highest BCUT2D eigenvalue weighted by atomic mass is 16.5. The van der Waals surface area contributed by atoms with Crippen molar-refractivity contribution in [3.63, 3.8) is 0 Å². The van der Waals surface area contributed by atoms with E-state index in [9.17, 15) is 29.1 Å². The fourth-order valence-electron chi connectivity index (χ4n) is 10.7. The number of carbonyl (C=O) groups is 5. The molecule has 65 heavy (non-hydrogen) atoms. The minimum Gasteiger partial charge on any atom is -0.508 e. The molecule has 4 aliphatic rings. The van der Waals surface area contributed by atoms with Crippen LogP contribution in [-0.2, 0) is 46.4 Å². The quantitative estimate of drug-likeness (QED) is 0.198. The number of amides is 4. The van der Waals surface area contributed by atoms with Gasteiger partial charge in [-0.15, -0.1) is 0 Å². The molecule has 2 saturated heterocycles. The normalized spacial score (nSPS) is 23.4. The molecule has 0 radical (unpaired) electrons. The lowest BCUT2D eigenvalue weighted by molar-refractivity contribution is -0.156. The number of fused-ring (bicyclic) bond motifs is 8. The van der Waals surface area contributed by atoms with Crippen molar-refractivity contribution in [1.29, 1.82) is 0 Å². The molecule has 2 fully saturated rings. The Bertz CT molecular complexity index is 2520. The van der Waals surface area contributed by atoms with E-state index in [2.05, 4.69) is 54.3 Å². The fourth-order valence-corrected chi connectivity index (χ4v) is 10.7. The Balaban J connectivity index is 1.21. The molecule has 2 aromatic carbocycles. The molecule has 2 aromatic heterocycles. The highest BCUT2D eigenvalue weighted by molar-refractivity contribution is 5.97. The number of benzene rings is 2. The lowest BCUT2D eigenvalue weighted by Gasteiger charge is -2.42. The van der Waals surface area contributed by atoms with Crippen LogP contribution in [0.15, 0.2) is 54.7 Å². The Kier molecular flexibility index (Phi) is 12.7. The van der Waals surface area contributed by atoms with Gasteiger partial charge in [0.15, 0.2) is 0 Å². The lowest BCUT2D eigenvalue weighted by atomic mass is 9.67. The van der Waals surface area contributed by atoms with E-state index in [1.54, 1.807) is 32.5 Å². The first-order valence-corrected chi connectivity index (χ1v) is 22.7. The van der Waals surface area contributed by atoms with Crippen molar-refractivity contribution in [2.45, 2.75) is 97.0 Å².